The van der Waals surface area contributed by atoms with Crippen molar-refractivity contribution in [2.75, 3.05) is 12.1 Å². The fraction of sp³-hybridized carbons (Fsp3) is 0.167. The zero-order valence-corrected chi connectivity index (χ0v) is 14.4. The molecule has 1 aromatic heterocycles. The standard InChI is InChI=1S/C18H14N4O3S/c23-18-12-3-1-2-4-13(12)19-17(14-9-26-21-20-14)22(18)8-11-5-6-15-16(7-11)25-10-24-15/h1-7,9,17,19H,8,10H2. The average Bonchev–Trinajstić information content (AvgIpc) is 3.35. The van der Waals surface area contributed by atoms with Gasteiger partial charge >= 0.3 is 0 Å². The third-order valence-corrected chi connectivity index (χ3v) is 4.99. The first-order chi connectivity index (χ1) is 12.8. The Morgan fingerprint density at radius 2 is 2.08 bits per heavy atom. The van der Waals surface area contributed by atoms with Crippen LogP contribution in [0.1, 0.15) is 27.8 Å². The summed E-state index contributed by atoms with van der Waals surface area (Å²) in [5.41, 5.74) is 3.13. The normalized spacial score (nSPS) is 17.8. The van der Waals surface area contributed by atoms with Crippen LogP contribution in [0.3, 0.4) is 0 Å². The van der Waals surface area contributed by atoms with Gasteiger partial charge in [-0.25, -0.2) is 0 Å². The van der Waals surface area contributed by atoms with Gasteiger partial charge in [0.1, 0.15) is 11.9 Å². The maximum atomic E-state index is 13.1. The zero-order valence-electron chi connectivity index (χ0n) is 13.6. The van der Waals surface area contributed by atoms with E-state index in [-0.39, 0.29) is 18.9 Å². The van der Waals surface area contributed by atoms with Crippen LogP contribution in [0.4, 0.5) is 5.69 Å². The molecule has 5 rings (SSSR count). The van der Waals surface area contributed by atoms with Gasteiger partial charge in [0, 0.05) is 17.6 Å². The summed E-state index contributed by atoms with van der Waals surface area (Å²) in [6.07, 6.45) is -0.374. The molecule has 1 N–H and O–H groups in total. The number of para-hydroxylation sites is 1. The first-order valence-electron chi connectivity index (χ1n) is 8.11. The van der Waals surface area contributed by atoms with Gasteiger partial charge in [0.2, 0.25) is 6.79 Å². The summed E-state index contributed by atoms with van der Waals surface area (Å²) >= 11 is 1.26. The molecule has 7 nitrogen and oxygen atoms in total. The topological polar surface area (TPSA) is 76.6 Å². The van der Waals surface area contributed by atoms with Crippen LogP contribution in [0.2, 0.25) is 0 Å². The predicted octanol–water partition coefficient (Wildman–Crippen LogP) is 3.03. The maximum Gasteiger partial charge on any atom is 0.258 e. The quantitative estimate of drug-likeness (QED) is 0.768. The lowest BCUT2D eigenvalue weighted by atomic mass is 10.1. The van der Waals surface area contributed by atoms with Crippen LogP contribution in [0.25, 0.3) is 0 Å². The lowest BCUT2D eigenvalue weighted by Crippen LogP contribution is -2.42. The van der Waals surface area contributed by atoms with Gasteiger partial charge < -0.3 is 19.7 Å². The minimum Gasteiger partial charge on any atom is -0.454 e. The molecule has 2 aromatic carbocycles. The van der Waals surface area contributed by atoms with Gasteiger partial charge in [-0.2, -0.15) is 0 Å². The molecule has 1 amide bonds. The SMILES string of the molecule is O=C1c2ccccc2NC(c2csnn2)N1Cc1ccc2c(c1)OCO2. The van der Waals surface area contributed by atoms with Gasteiger partial charge in [-0.05, 0) is 41.4 Å². The number of amides is 1. The van der Waals surface area contributed by atoms with E-state index in [0.29, 0.717) is 17.9 Å². The van der Waals surface area contributed by atoms with Crippen molar-refractivity contribution in [2.24, 2.45) is 0 Å². The highest BCUT2D eigenvalue weighted by Crippen LogP contribution is 2.36. The number of carbonyl (C=O) groups is 1. The van der Waals surface area contributed by atoms with Crippen molar-refractivity contribution in [1.82, 2.24) is 14.5 Å². The Morgan fingerprint density at radius 1 is 1.19 bits per heavy atom. The fourth-order valence-electron chi connectivity index (χ4n) is 3.22. The van der Waals surface area contributed by atoms with Crippen LogP contribution >= 0.6 is 11.5 Å². The molecule has 130 valence electrons. The average molecular weight is 366 g/mol. The van der Waals surface area contributed by atoms with Crippen LogP contribution in [-0.2, 0) is 6.54 Å². The van der Waals surface area contributed by atoms with Gasteiger partial charge in [0.15, 0.2) is 11.5 Å². The van der Waals surface area contributed by atoms with Crippen molar-refractivity contribution in [1.29, 1.82) is 0 Å². The number of nitrogens with one attached hydrogen (secondary N) is 1. The highest BCUT2D eigenvalue weighted by Gasteiger charge is 2.34. The Bertz CT molecular complexity index is 976. The number of aromatic nitrogens is 2. The minimum absolute atomic E-state index is 0.0463. The van der Waals surface area contributed by atoms with Gasteiger partial charge in [-0.15, -0.1) is 5.10 Å². The fourth-order valence-corrected chi connectivity index (χ4v) is 3.69. The molecule has 0 aliphatic carbocycles. The van der Waals surface area contributed by atoms with Gasteiger partial charge in [0.05, 0.1) is 5.56 Å². The molecule has 8 heteroatoms. The molecular weight excluding hydrogens is 352 g/mol. The summed E-state index contributed by atoms with van der Waals surface area (Å²) in [5, 5.41) is 9.42. The molecule has 0 fully saturated rings. The molecule has 0 saturated heterocycles. The Morgan fingerprint density at radius 3 is 2.96 bits per heavy atom. The maximum absolute atomic E-state index is 13.1. The zero-order chi connectivity index (χ0) is 17.5. The number of ether oxygens (including phenoxy) is 2. The van der Waals surface area contributed by atoms with Crippen LogP contribution in [-0.4, -0.2) is 27.2 Å². The molecule has 1 unspecified atom stereocenters. The molecule has 0 saturated carbocycles. The van der Waals surface area contributed by atoms with E-state index < -0.39 is 0 Å². The second-order valence-corrected chi connectivity index (χ2v) is 6.65. The second kappa shape index (κ2) is 5.99. The van der Waals surface area contributed by atoms with Crippen LogP contribution in [0.5, 0.6) is 11.5 Å². The first-order valence-corrected chi connectivity index (χ1v) is 8.95. The van der Waals surface area contributed by atoms with E-state index in [1.54, 1.807) is 4.90 Å². The molecule has 0 radical (unpaired) electrons. The predicted molar refractivity (Wildman–Crippen MR) is 95.2 cm³/mol. The molecule has 0 spiro atoms. The summed E-state index contributed by atoms with van der Waals surface area (Å²) in [6, 6.07) is 13.2. The summed E-state index contributed by atoms with van der Waals surface area (Å²) in [6.45, 7) is 0.641. The van der Waals surface area contributed by atoms with Crippen molar-refractivity contribution in [2.45, 2.75) is 12.7 Å². The van der Waals surface area contributed by atoms with E-state index in [9.17, 15) is 4.79 Å². The largest absolute Gasteiger partial charge is 0.454 e. The molecule has 2 aliphatic heterocycles. The Kier molecular flexibility index (Phi) is 3.49. The molecule has 26 heavy (non-hydrogen) atoms. The number of fused-ring (bicyclic) bond motifs is 2. The summed E-state index contributed by atoms with van der Waals surface area (Å²) in [5.74, 6) is 1.38. The van der Waals surface area contributed by atoms with E-state index in [2.05, 4.69) is 14.9 Å². The molecule has 3 aromatic rings. The van der Waals surface area contributed by atoms with Crippen molar-refractivity contribution in [3.63, 3.8) is 0 Å². The van der Waals surface area contributed by atoms with Gasteiger partial charge in [-0.1, -0.05) is 22.7 Å². The molecule has 2 aliphatic rings. The summed E-state index contributed by atoms with van der Waals surface area (Å²) < 4.78 is 14.8. The number of rotatable bonds is 3. The monoisotopic (exact) mass is 366 g/mol. The third-order valence-electron chi connectivity index (χ3n) is 4.47. The molecule has 0 bridgehead atoms. The molecule has 1 atom stereocenters. The van der Waals surface area contributed by atoms with Crippen LogP contribution in [0, 0.1) is 0 Å². The molecular formula is C18H14N4O3S. The highest BCUT2D eigenvalue weighted by atomic mass is 32.1. The van der Waals surface area contributed by atoms with E-state index in [1.165, 1.54) is 11.5 Å². The lowest BCUT2D eigenvalue weighted by molar-refractivity contribution is 0.0662. The van der Waals surface area contributed by atoms with Gasteiger partial charge in [-0.3, -0.25) is 4.79 Å². The molecule has 3 heterocycles. The Hall–Kier alpha value is -3.13. The number of nitrogens with zero attached hydrogens (tertiary/aromatic N) is 3. The van der Waals surface area contributed by atoms with Crippen molar-refractivity contribution >= 4 is 23.1 Å². The van der Waals surface area contributed by atoms with E-state index in [0.717, 1.165) is 22.7 Å². The van der Waals surface area contributed by atoms with E-state index in [4.69, 9.17) is 9.47 Å². The number of benzene rings is 2. The smallest absolute Gasteiger partial charge is 0.258 e. The summed E-state index contributed by atoms with van der Waals surface area (Å²) in [7, 11) is 0. The van der Waals surface area contributed by atoms with Gasteiger partial charge in [0.25, 0.3) is 5.91 Å². The Balaban J connectivity index is 1.53. The Labute approximate surface area is 153 Å². The first kappa shape index (κ1) is 15.2. The number of anilines is 1. The number of hydrogen-bond acceptors (Lipinski definition) is 7. The third kappa shape index (κ3) is 2.46. The van der Waals surface area contributed by atoms with E-state index in [1.807, 2.05) is 47.8 Å². The van der Waals surface area contributed by atoms with Crippen molar-refractivity contribution < 1.29 is 14.3 Å². The summed E-state index contributed by atoms with van der Waals surface area (Å²) in [4.78, 5) is 14.9. The van der Waals surface area contributed by atoms with Crippen molar-refractivity contribution in [3.8, 4) is 11.5 Å². The van der Waals surface area contributed by atoms with Crippen LogP contribution < -0.4 is 14.8 Å². The van der Waals surface area contributed by atoms with Crippen molar-refractivity contribution in [3.05, 3.63) is 64.7 Å². The lowest BCUT2D eigenvalue weighted by Gasteiger charge is -2.36. The minimum atomic E-state index is -0.374. The number of carbonyl (C=O) groups excluding carboxylic acids is 1. The number of hydrogen-bond donors (Lipinski definition) is 1. The van der Waals surface area contributed by atoms with E-state index >= 15 is 0 Å². The second-order valence-electron chi connectivity index (χ2n) is 6.04. The highest BCUT2D eigenvalue weighted by molar-refractivity contribution is 7.03. The van der Waals surface area contributed by atoms with Crippen LogP contribution in [0.15, 0.2) is 47.8 Å².